The molecule has 1 fully saturated rings. The van der Waals surface area contributed by atoms with Crippen molar-refractivity contribution in [3.8, 4) is 0 Å². The monoisotopic (exact) mass is 553 g/mol. The molecule has 212 valence electrons. The zero-order chi connectivity index (χ0) is 28.8. The zero-order valence-corrected chi connectivity index (χ0v) is 23.2. The van der Waals surface area contributed by atoms with Crippen LogP contribution in [0.15, 0.2) is 77.9 Å². The van der Waals surface area contributed by atoms with E-state index in [9.17, 15) is 14.4 Å². The molecule has 8 heteroatoms. The lowest BCUT2D eigenvalue weighted by atomic mass is 9.83. The fourth-order valence-electron chi connectivity index (χ4n) is 5.72. The number of anilines is 1. The Morgan fingerprint density at radius 3 is 2.46 bits per heavy atom. The molecule has 1 atom stereocenters. The number of nitrogens with one attached hydrogen (secondary N) is 1. The molecule has 1 aliphatic heterocycles. The van der Waals surface area contributed by atoms with Crippen LogP contribution in [-0.4, -0.2) is 40.4 Å². The van der Waals surface area contributed by atoms with E-state index in [1.54, 1.807) is 0 Å². The van der Waals surface area contributed by atoms with Crippen LogP contribution in [0.3, 0.4) is 0 Å². The van der Waals surface area contributed by atoms with E-state index in [0.717, 1.165) is 59.2 Å². The molecule has 1 heterocycles. The lowest BCUT2D eigenvalue weighted by Gasteiger charge is -2.25. The summed E-state index contributed by atoms with van der Waals surface area (Å²) in [6, 6.07) is 23.0. The van der Waals surface area contributed by atoms with Crippen LogP contribution >= 0.6 is 0 Å². The van der Waals surface area contributed by atoms with E-state index < -0.39 is 5.97 Å². The van der Waals surface area contributed by atoms with Crippen molar-refractivity contribution in [3.05, 3.63) is 101 Å². The molecule has 1 aliphatic carbocycles. The lowest BCUT2D eigenvalue weighted by molar-refractivity contribution is -0.137. The zero-order valence-electron chi connectivity index (χ0n) is 23.2. The highest BCUT2D eigenvalue weighted by Crippen LogP contribution is 2.38. The Hall–Kier alpha value is -4.46. The van der Waals surface area contributed by atoms with Gasteiger partial charge in [-0.3, -0.25) is 14.4 Å². The second-order valence-corrected chi connectivity index (χ2v) is 10.7. The molecule has 41 heavy (non-hydrogen) atoms. The minimum atomic E-state index is -0.843. The van der Waals surface area contributed by atoms with E-state index in [1.165, 1.54) is 5.01 Å². The van der Waals surface area contributed by atoms with Crippen LogP contribution < -0.4 is 5.32 Å². The number of aryl methyl sites for hydroxylation is 1. The van der Waals surface area contributed by atoms with E-state index in [1.807, 2.05) is 79.7 Å². The first-order chi connectivity index (χ1) is 19.9. The fraction of sp³-hybridized carbons (Fsp3) is 0.333. The number of rotatable bonds is 10. The van der Waals surface area contributed by atoms with Gasteiger partial charge in [-0.2, -0.15) is 0 Å². The van der Waals surface area contributed by atoms with E-state index in [0.29, 0.717) is 18.9 Å². The number of hydrazone groups is 1. The van der Waals surface area contributed by atoms with Crippen molar-refractivity contribution < 1.29 is 24.2 Å². The largest absolute Gasteiger partial charge is 0.481 e. The molecule has 3 aromatic rings. The maximum absolute atomic E-state index is 13.8. The van der Waals surface area contributed by atoms with Gasteiger partial charge in [-0.25, -0.2) is 5.01 Å². The normalized spacial score (nSPS) is 16.2. The van der Waals surface area contributed by atoms with Crippen LogP contribution in [-0.2, 0) is 32.1 Å². The van der Waals surface area contributed by atoms with Gasteiger partial charge in [-0.1, -0.05) is 67.4 Å². The third-order valence-electron chi connectivity index (χ3n) is 7.99. The predicted molar refractivity (Wildman–Crippen MR) is 156 cm³/mol. The quantitative estimate of drug-likeness (QED) is 0.338. The highest BCUT2D eigenvalue weighted by Gasteiger charge is 2.32. The number of hydrogen-bond donors (Lipinski definition) is 2. The smallest absolute Gasteiger partial charge is 0.303 e. The summed E-state index contributed by atoms with van der Waals surface area (Å²) in [5.41, 5.74) is 5.20. The molecule has 3 aromatic carbocycles. The highest BCUT2D eigenvalue weighted by molar-refractivity contribution is 5.98. The third-order valence-corrected chi connectivity index (χ3v) is 7.99. The maximum atomic E-state index is 13.8. The average Bonchev–Trinajstić information content (AvgIpc) is 3.50. The molecule has 2 amide bonds. The van der Waals surface area contributed by atoms with Crippen LogP contribution in [0.4, 0.5) is 5.69 Å². The summed E-state index contributed by atoms with van der Waals surface area (Å²) in [4.78, 5) is 37.3. The first-order valence-corrected chi connectivity index (χ1v) is 14.2. The number of carboxylic acids is 1. The Morgan fingerprint density at radius 2 is 1.76 bits per heavy atom. The van der Waals surface area contributed by atoms with Crippen molar-refractivity contribution in [2.45, 2.75) is 57.9 Å². The van der Waals surface area contributed by atoms with Gasteiger partial charge >= 0.3 is 5.97 Å². The highest BCUT2D eigenvalue weighted by atomic mass is 16.5. The van der Waals surface area contributed by atoms with E-state index in [2.05, 4.69) is 10.4 Å². The second kappa shape index (κ2) is 12.8. The number of carboxylic acid groups (broad SMARTS) is 1. The Labute approximate surface area is 240 Å². The second-order valence-electron chi connectivity index (χ2n) is 10.7. The van der Waals surface area contributed by atoms with E-state index in [4.69, 9.17) is 9.84 Å². The average molecular weight is 554 g/mol. The van der Waals surface area contributed by atoms with Gasteiger partial charge in [-0.05, 0) is 72.6 Å². The number of ether oxygens (including phenoxy) is 1. The van der Waals surface area contributed by atoms with Gasteiger partial charge in [0.1, 0.15) is 0 Å². The van der Waals surface area contributed by atoms with Gasteiger partial charge in [0.25, 0.3) is 5.91 Å². The molecule has 0 aromatic heterocycles. The number of nitrogens with zero attached hydrogens (tertiary/aromatic N) is 2. The molecule has 5 rings (SSSR count). The molecular weight excluding hydrogens is 518 g/mol. The van der Waals surface area contributed by atoms with Crippen LogP contribution in [0.1, 0.15) is 65.8 Å². The summed E-state index contributed by atoms with van der Waals surface area (Å²) in [6.07, 6.45) is 4.67. The first-order valence-electron chi connectivity index (χ1n) is 14.2. The van der Waals surface area contributed by atoms with Crippen molar-refractivity contribution in [3.63, 3.8) is 0 Å². The maximum Gasteiger partial charge on any atom is 0.303 e. The van der Waals surface area contributed by atoms with Gasteiger partial charge < -0.3 is 15.2 Å². The lowest BCUT2D eigenvalue weighted by Crippen LogP contribution is -2.36. The van der Waals surface area contributed by atoms with Crippen LogP contribution in [0.2, 0.25) is 0 Å². The Balaban J connectivity index is 1.33. The first kappa shape index (κ1) is 28.1. The molecule has 1 saturated carbocycles. The standard InChI is InChI=1S/C33H35N3O5/c1-22-24(18-19-30(38)39)12-7-13-28(22)34-32(40)31(25-8-5-6-9-25)26-16-14-23(15-17-26)20-36-29(37)21-41-33(35-36)27-10-3-2-4-11-27/h2-4,7,10-17,25,31H,5-6,8-9,18-21H2,1H3,(H,34,40)(H,38,39). The number of amides is 2. The Kier molecular flexibility index (Phi) is 8.77. The fourth-order valence-corrected chi connectivity index (χ4v) is 5.72. The molecule has 0 bridgehead atoms. The van der Waals surface area contributed by atoms with Gasteiger partial charge in [0, 0.05) is 17.7 Å². The molecule has 0 spiro atoms. The van der Waals surface area contributed by atoms with Crippen LogP contribution in [0, 0.1) is 12.8 Å². The minimum absolute atomic E-state index is 0.0458. The molecule has 2 aliphatic rings. The molecule has 1 unspecified atom stereocenters. The molecule has 2 N–H and O–H groups in total. The number of hydrogen-bond acceptors (Lipinski definition) is 5. The van der Waals surface area contributed by atoms with Gasteiger partial charge in [0.15, 0.2) is 6.61 Å². The number of benzene rings is 3. The number of carbonyl (C=O) groups excluding carboxylic acids is 2. The van der Waals surface area contributed by atoms with Crippen LogP contribution in [0.25, 0.3) is 0 Å². The van der Waals surface area contributed by atoms with E-state index in [-0.39, 0.29) is 36.7 Å². The summed E-state index contributed by atoms with van der Waals surface area (Å²) >= 11 is 0. The SMILES string of the molecule is Cc1c(CCC(=O)O)cccc1NC(=O)C(c1ccc(CN2N=C(c3ccccc3)OCC2=O)cc1)C1CCCC1. The minimum Gasteiger partial charge on any atom is -0.481 e. The van der Waals surface area contributed by atoms with Crippen molar-refractivity contribution in [1.82, 2.24) is 5.01 Å². The third kappa shape index (κ3) is 6.82. The van der Waals surface area contributed by atoms with E-state index >= 15 is 0 Å². The molecule has 8 nitrogen and oxygen atoms in total. The molecule has 0 radical (unpaired) electrons. The van der Waals surface area contributed by atoms with Crippen molar-refractivity contribution in [2.75, 3.05) is 11.9 Å². The van der Waals surface area contributed by atoms with Crippen molar-refractivity contribution in [2.24, 2.45) is 11.0 Å². The Bertz CT molecular complexity index is 1430. The topological polar surface area (TPSA) is 108 Å². The summed E-state index contributed by atoms with van der Waals surface area (Å²) in [5.74, 6) is -0.745. The summed E-state index contributed by atoms with van der Waals surface area (Å²) in [7, 11) is 0. The van der Waals surface area contributed by atoms with Crippen LogP contribution in [0.5, 0.6) is 0 Å². The van der Waals surface area contributed by atoms with Crippen molar-refractivity contribution >= 4 is 29.4 Å². The predicted octanol–water partition coefficient (Wildman–Crippen LogP) is 5.65. The van der Waals surface area contributed by atoms with Gasteiger partial charge in [0.05, 0.1) is 12.5 Å². The van der Waals surface area contributed by atoms with Gasteiger partial charge in [0.2, 0.25) is 11.8 Å². The molecular formula is C33H35N3O5. The molecule has 0 saturated heterocycles. The summed E-state index contributed by atoms with van der Waals surface area (Å²) in [5, 5.41) is 18.1. The summed E-state index contributed by atoms with van der Waals surface area (Å²) < 4.78 is 5.55. The summed E-state index contributed by atoms with van der Waals surface area (Å²) in [6.45, 7) is 2.17. The van der Waals surface area contributed by atoms with Gasteiger partial charge in [-0.15, -0.1) is 5.10 Å². The van der Waals surface area contributed by atoms with Crippen molar-refractivity contribution in [1.29, 1.82) is 0 Å². The number of carbonyl (C=O) groups is 3. The number of aliphatic carboxylic acids is 1. The Morgan fingerprint density at radius 1 is 1.02 bits per heavy atom.